The number of rotatable bonds is 6. The third-order valence-electron chi connectivity index (χ3n) is 5.10. The molecule has 3 rings (SSSR count). The summed E-state index contributed by atoms with van der Waals surface area (Å²) in [7, 11) is 0. The van der Waals surface area contributed by atoms with E-state index in [1.807, 2.05) is 0 Å². The van der Waals surface area contributed by atoms with Crippen LogP contribution in [-0.2, 0) is 4.79 Å². The number of carbonyl (C=O) groups excluding carboxylic acids is 3. The molecule has 1 saturated heterocycles. The molecule has 2 aliphatic rings. The lowest BCUT2D eigenvalue weighted by molar-refractivity contribution is -0.121. The first-order valence-corrected chi connectivity index (χ1v) is 9.40. The molecule has 2 heterocycles. The van der Waals surface area contributed by atoms with Crippen LogP contribution in [0.3, 0.4) is 0 Å². The van der Waals surface area contributed by atoms with E-state index in [0.29, 0.717) is 29.5 Å². The average Bonchev–Trinajstić information content (AvgIpc) is 2.86. The Kier molecular flexibility index (Phi) is 5.71. The zero-order valence-electron chi connectivity index (χ0n) is 15.5. The fourth-order valence-electron chi connectivity index (χ4n) is 3.73. The van der Waals surface area contributed by atoms with E-state index in [1.54, 1.807) is 24.3 Å². The number of nitrogens with one attached hydrogen (secondary N) is 1. The molecule has 0 aliphatic carbocycles. The molecular formula is C20H27N3O3. The van der Waals surface area contributed by atoms with Crippen molar-refractivity contribution in [2.45, 2.75) is 26.7 Å². The van der Waals surface area contributed by atoms with Gasteiger partial charge in [-0.25, -0.2) is 0 Å². The Bertz CT molecular complexity index is 658. The Balaban J connectivity index is 1.44. The van der Waals surface area contributed by atoms with Crippen LogP contribution < -0.4 is 5.32 Å². The monoisotopic (exact) mass is 357 g/mol. The number of imide groups is 1. The SMILES string of the molecule is CC(C)CN1CCC(CNC(=O)CN2C(=O)c3ccccc3C2=O)CC1. The molecule has 140 valence electrons. The topological polar surface area (TPSA) is 69.7 Å². The minimum atomic E-state index is -0.386. The molecule has 3 amide bonds. The molecule has 0 saturated carbocycles. The molecule has 1 aromatic rings. The summed E-state index contributed by atoms with van der Waals surface area (Å²) in [5.74, 6) is 0.0880. The second-order valence-corrected chi connectivity index (χ2v) is 7.68. The van der Waals surface area contributed by atoms with Gasteiger partial charge in [0.2, 0.25) is 5.91 Å². The van der Waals surface area contributed by atoms with Gasteiger partial charge in [0.15, 0.2) is 0 Å². The van der Waals surface area contributed by atoms with Crippen molar-refractivity contribution < 1.29 is 14.4 Å². The predicted molar refractivity (Wildman–Crippen MR) is 98.8 cm³/mol. The highest BCUT2D eigenvalue weighted by Gasteiger charge is 2.36. The number of hydrogen-bond donors (Lipinski definition) is 1. The van der Waals surface area contributed by atoms with Crippen molar-refractivity contribution in [3.8, 4) is 0 Å². The van der Waals surface area contributed by atoms with Gasteiger partial charge in [0.25, 0.3) is 11.8 Å². The Morgan fingerprint density at radius 3 is 2.23 bits per heavy atom. The van der Waals surface area contributed by atoms with Crippen LogP contribution >= 0.6 is 0 Å². The summed E-state index contributed by atoms with van der Waals surface area (Å²) in [6.07, 6.45) is 2.14. The van der Waals surface area contributed by atoms with Gasteiger partial charge in [-0.15, -0.1) is 0 Å². The fraction of sp³-hybridized carbons (Fsp3) is 0.550. The van der Waals surface area contributed by atoms with E-state index in [-0.39, 0.29) is 24.3 Å². The number of amides is 3. The lowest BCUT2D eigenvalue weighted by atomic mass is 9.96. The van der Waals surface area contributed by atoms with E-state index in [2.05, 4.69) is 24.1 Å². The van der Waals surface area contributed by atoms with Crippen molar-refractivity contribution >= 4 is 17.7 Å². The molecule has 1 fully saturated rings. The van der Waals surface area contributed by atoms with Gasteiger partial charge in [-0.05, 0) is 49.9 Å². The van der Waals surface area contributed by atoms with Crippen molar-refractivity contribution in [1.82, 2.24) is 15.1 Å². The quantitative estimate of drug-likeness (QED) is 0.788. The van der Waals surface area contributed by atoms with E-state index in [4.69, 9.17) is 0 Å². The molecule has 0 unspecified atom stereocenters. The van der Waals surface area contributed by atoms with Crippen LogP contribution in [0.5, 0.6) is 0 Å². The summed E-state index contributed by atoms with van der Waals surface area (Å²) in [6, 6.07) is 6.69. The second kappa shape index (κ2) is 7.99. The molecule has 0 atom stereocenters. The first kappa shape index (κ1) is 18.6. The number of fused-ring (bicyclic) bond motifs is 1. The van der Waals surface area contributed by atoms with Crippen molar-refractivity contribution in [2.75, 3.05) is 32.7 Å². The number of carbonyl (C=O) groups is 3. The Morgan fingerprint density at radius 2 is 1.69 bits per heavy atom. The number of nitrogens with zero attached hydrogens (tertiary/aromatic N) is 2. The van der Waals surface area contributed by atoms with E-state index in [1.165, 1.54) is 0 Å². The molecule has 1 N–H and O–H groups in total. The summed E-state index contributed by atoms with van der Waals surface area (Å²) in [6.45, 7) is 8.11. The van der Waals surface area contributed by atoms with Gasteiger partial charge < -0.3 is 10.2 Å². The highest BCUT2D eigenvalue weighted by Crippen LogP contribution is 2.22. The number of piperidine rings is 1. The second-order valence-electron chi connectivity index (χ2n) is 7.68. The summed E-state index contributed by atoms with van der Waals surface area (Å²) >= 11 is 0. The largest absolute Gasteiger partial charge is 0.354 e. The van der Waals surface area contributed by atoms with Gasteiger partial charge in [0.05, 0.1) is 11.1 Å². The third-order valence-corrected chi connectivity index (χ3v) is 5.10. The summed E-state index contributed by atoms with van der Waals surface area (Å²) in [5, 5.41) is 2.90. The van der Waals surface area contributed by atoms with Crippen LogP contribution in [0, 0.1) is 11.8 Å². The maximum atomic E-state index is 12.3. The van der Waals surface area contributed by atoms with Crippen LogP contribution in [0.15, 0.2) is 24.3 Å². The van der Waals surface area contributed by atoms with E-state index in [9.17, 15) is 14.4 Å². The first-order chi connectivity index (χ1) is 12.5. The molecule has 6 nitrogen and oxygen atoms in total. The normalized spacial score (nSPS) is 18.5. The molecule has 26 heavy (non-hydrogen) atoms. The molecule has 0 aromatic heterocycles. The molecule has 2 aliphatic heterocycles. The van der Waals surface area contributed by atoms with E-state index < -0.39 is 0 Å². The van der Waals surface area contributed by atoms with Crippen LogP contribution in [-0.4, -0.2) is 60.2 Å². The summed E-state index contributed by atoms with van der Waals surface area (Å²) in [5.41, 5.74) is 0.755. The van der Waals surface area contributed by atoms with Gasteiger partial charge in [-0.3, -0.25) is 19.3 Å². The fourth-order valence-corrected chi connectivity index (χ4v) is 3.73. The molecule has 1 aromatic carbocycles. The van der Waals surface area contributed by atoms with Crippen LogP contribution in [0.25, 0.3) is 0 Å². The minimum Gasteiger partial charge on any atom is -0.354 e. The Labute approximate surface area is 154 Å². The van der Waals surface area contributed by atoms with Crippen molar-refractivity contribution in [1.29, 1.82) is 0 Å². The van der Waals surface area contributed by atoms with Gasteiger partial charge in [0, 0.05) is 13.1 Å². The maximum Gasteiger partial charge on any atom is 0.262 e. The van der Waals surface area contributed by atoms with Crippen molar-refractivity contribution in [3.05, 3.63) is 35.4 Å². The van der Waals surface area contributed by atoms with Crippen molar-refractivity contribution in [3.63, 3.8) is 0 Å². The zero-order chi connectivity index (χ0) is 18.7. The standard InChI is InChI=1S/C20H27N3O3/c1-14(2)12-22-9-7-15(8-10-22)11-21-18(24)13-23-19(25)16-5-3-4-6-17(16)20(23)26/h3-6,14-15H,7-13H2,1-2H3,(H,21,24). The van der Waals surface area contributed by atoms with E-state index in [0.717, 1.165) is 37.4 Å². The Morgan fingerprint density at radius 1 is 1.12 bits per heavy atom. The van der Waals surface area contributed by atoms with E-state index >= 15 is 0 Å². The Hall–Kier alpha value is -2.21. The van der Waals surface area contributed by atoms with Crippen molar-refractivity contribution in [2.24, 2.45) is 11.8 Å². The number of likely N-dealkylation sites (tertiary alicyclic amines) is 1. The zero-order valence-corrected chi connectivity index (χ0v) is 15.5. The minimum absolute atomic E-state index is 0.210. The first-order valence-electron chi connectivity index (χ1n) is 9.40. The average molecular weight is 357 g/mol. The van der Waals surface area contributed by atoms with Gasteiger partial charge in [-0.1, -0.05) is 26.0 Å². The van der Waals surface area contributed by atoms with Crippen LogP contribution in [0.1, 0.15) is 47.4 Å². The van der Waals surface area contributed by atoms with Gasteiger partial charge in [-0.2, -0.15) is 0 Å². The highest BCUT2D eigenvalue weighted by atomic mass is 16.2. The molecular weight excluding hydrogens is 330 g/mol. The summed E-state index contributed by atoms with van der Waals surface area (Å²) < 4.78 is 0. The highest BCUT2D eigenvalue weighted by molar-refractivity contribution is 6.22. The number of hydrogen-bond acceptors (Lipinski definition) is 4. The number of benzene rings is 1. The maximum absolute atomic E-state index is 12.3. The van der Waals surface area contributed by atoms with Gasteiger partial charge >= 0.3 is 0 Å². The lowest BCUT2D eigenvalue weighted by Crippen LogP contribution is -2.43. The third kappa shape index (κ3) is 4.12. The van der Waals surface area contributed by atoms with Crippen LogP contribution in [0.2, 0.25) is 0 Å². The van der Waals surface area contributed by atoms with Crippen LogP contribution in [0.4, 0.5) is 0 Å². The summed E-state index contributed by atoms with van der Waals surface area (Å²) in [4.78, 5) is 40.3. The lowest BCUT2D eigenvalue weighted by Gasteiger charge is -2.33. The molecule has 0 bridgehead atoms. The molecule has 0 radical (unpaired) electrons. The molecule has 0 spiro atoms. The predicted octanol–water partition coefficient (Wildman–Crippen LogP) is 1.77. The smallest absolute Gasteiger partial charge is 0.262 e. The molecule has 6 heteroatoms. The van der Waals surface area contributed by atoms with Gasteiger partial charge in [0.1, 0.15) is 6.54 Å².